The Morgan fingerprint density at radius 1 is 0.833 bits per heavy atom. The summed E-state index contributed by atoms with van der Waals surface area (Å²) < 4.78 is 28.5. The van der Waals surface area contributed by atoms with Crippen LogP contribution in [0.25, 0.3) is 10.8 Å². The Bertz CT molecular complexity index is 1040. The molecule has 0 fully saturated rings. The van der Waals surface area contributed by atoms with Gasteiger partial charge in [-0.2, -0.15) is 0 Å². The third-order valence-corrected chi connectivity index (χ3v) is 5.97. The van der Waals surface area contributed by atoms with Crippen molar-refractivity contribution in [3.05, 3.63) is 64.8 Å². The highest BCUT2D eigenvalue weighted by Gasteiger charge is 2.20. The van der Waals surface area contributed by atoms with Crippen LogP contribution in [0.15, 0.2) is 47.4 Å². The van der Waals surface area contributed by atoms with Gasteiger partial charge in [0.15, 0.2) is 0 Å². The minimum atomic E-state index is -3.72. The van der Waals surface area contributed by atoms with Crippen molar-refractivity contribution >= 4 is 26.6 Å². The van der Waals surface area contributed by atoms with Crippen molar-refractivity contribution in [1.29, 1.82) is 0 Å². The molecule has 0 aliphatic carbocycles. The lowest BCUT2D eigenvalue weighted by Crippen LogP contribution is -2.16. The van der Waals surface area contributed by atoms with E-state index in [2.05, 4.69) is 9.71 Å². The van der Waals surface area contributed by atoms with E-state index in [4.69, 9.17) is 0 Å². The van der Waals surface area contributed by atoms with Gasteiger partial charge in [0.2, 0.25) is 0 Å². The molecule has 124 valence electrons. The molecule has 24 heavy (non-hydrogen) atoms. The Morgan fingerprint density at radius 2 is 1.50 bits per heavy atom. The third-order valence-electron chi connectivity index (χ3n) is 4.57. The van der Waals surface area contributed by atoms with Crippen LogP contribution in [-0.2, 0) is 10.0 Å². The molecule has 0 unspecified atom stereocenters. The van der Waals surface area contributed by atoms with Gasteiger partial charge < -0.3 is 0 Å². The van der Waals surface area contributed by atoms with E-state index in [-0.39, 0.29) is 4.90 Å². The van der Waals surface area contributed by atoms with Crippen molar-refractivity contribution in [1.82, 2.24) is 4.98 Å². The number of aromatic nitrogens is 1. The molecule has 4 nitrogen and oxygen atoms in total. The summed E-state index contributed by atoms with van der Waals surface area (Å²) in [4.78, 5) is 4.70. The zero-order valence-electron chi connectivity index (χ0n) is 14.2. The normalized spacial score (nSPS) is 11.7. The molecule has 1 heterocycles. The van der Waals surface area contributed by atoms with Crippen LogP contribution in [0.3, 0.4) is 0 Å². The van der Waals surface area contributed by atoms with Gasteiger partial charge in [0, 0.05) is 11.1 Å². The molecule has 0 amide bonds. The second-order valence-corrected chi connectivity index (χ2v) is 7.65. The van der Waals surface area contributed by atoms with Crippen molar-refractivity contribution < 1.29 is 8.42 Å². The fourth-order valence-electron chi connectivity index (χ4n) is 2.78. The van der Waals surface area contributed by atoms with Crippen LogP contribution in [0, 0.1) is 27.7 Å². The number of hydrogen-bond donors (Lipinski definition) is 1. The molecule has 5 heteroatoms. The van der Waals surface area contributed by atoms with E-state index >= 15 is 0 Å². The van der Waals surface area contributed by atoms with Crippen LogP contribution in [-0.4, -0.2) is 13.4 Å². The number of nitrogens with zero attached hydrogens (tertiary/aromatic N) is 1. The number of sulfonamides is 1. The highest BCUT2D eigenvalue weighted by Crippen LogP contribution is 2.27. The topological polar surface area (TPSA) is 59.1 Å². The summed E-state index contributed by atoms with van der Waals surface area (Å²) in [6.07, 6.45) is 0. The Balaban J connectivity index is 2.13. The summed E-state index contributed by atoms with van der Waals surface area (Å²) >= 11 is 0. The number of aryl methyl sites for hydroxylation is 1. The van der Waals surface area contributed by atoms with Gasteiger partial charge in [-0.05, 0) is 55.8 Å². The first-order valence-corrected chi connectivity index (χ1v) is 9.24. The van der Waals surface area contributed by atoms with Gasteiger partial charge in [0.1, 0.15) is 5.82 Å². The summed E-state index contributed by atoms with van der Waals surface area (Å²) in [7, 11) is -3.72. The van der Waals surface area contributed by atoms with Crippen LogP contribution in [0.4, 0.5) is 5.82 Å². The molecule has 0 spiro atoms. The molecular weight excluding hydrogens is 320 g/mol. The first-order valence-electron chi connectivity index (χ1n) is 7.76. The summed E-state index contributed by atoms with van der Waals surface area (Å²) in [5, 5.41) is 1.59. The monoisotopic (exact) mass is 340 g/mol. The lowest BCUT2D eigenvalue weighted by atomic mass is 10.0. The lowest BCUT2D eigenvalue weighted by molar-refractivity contribution is 0.602. The van der Waals surface area contributed by atoms with Gasteiger partial charge in [-0.25, -0.2) is 13.4 Å². The van der Waals surface area contributed by atoms with E-state index in [1.165, 1.54) is 0 Å². The average Bonchev–Trinajstić information content (AvgIpc) is 2.57. The third kappa shape index (κ3) is 2.76. The molecule has 3 aromatic rings. The van der Waals surface area contributed by atoms with E-state index < -0.39 is 10.0 Å². The Morgan fingerprint density at radius 3 is 2.25 bits per heavy atom. The standard InChI is InChI=1S/C19H20N2O2S/c1-12-13(2)15(4)20-19(14(12)3)21-24(22,23)18-11-7-9-16-8-5-6-10-17(16)18/h5-11H,1-4H3,(H,20,21). The molecule has 0 atom stereocenters. The van der Waals surface area contributed by atoms with Crippen LogP contribution in [0.5, 0.6) is 0 Å². The predicted octanol–water partition coefficient (Wildman–Crippen LogP) is 4.27. The SMILES string of the molecule is Cc1nc(NS(=O)(=O)c2cccc3ccccc23)c(C)c(C)c1C. The van der Waals surface area contributed by atoms with Crippen LogP contribution >= 0.6 is 0 Å². The smallest absolute Gasteiger partial charge is 0.263 e. The molecule has 3 rings (SSSR count). The average molecular weight is 340 g/mol. The minimum absolute atomic E-state index is 0.262. The van der Waals surface area contributed by atoms with Gasteiger partial charge in [-0.1, -0.05) is 36.4 Å². The van der Waals surface area contributed by atoms with Gasteiger partial charge in [-0.15, -0.1) is 0 Å². The number of anilines is 1. The van der Waals surface area contributed by atoms with Crippen molar-refractivity contribution in [3.63, 3.8) is 0 Å². The first-order chi connectivity index (χ1) is 11.3. The van der Waals surface area contributed by atoms with Crippen molar-refractivity contribution in [2.24, 2.45) is 0 Å². The molecule has 1 aromatic heterocycles. The Hall–Kier alpha value is -2.40. The van der Waals surface area contributed by atoms with Gasteiger partial charge in [0.25, 0.3) is 10.0 Å². The lowest BCUT2D eigenvalue weighted by Gasteiger charge is -2.15. The summed E-state index contributed by atoms with van der Waals surface area (Å²) in [5.41, 5.74) is 3.81. The van der Waals surface area contributed by atoms with Crippen molar-refractivity contribution in [2.75, 3.05) is 4.72 Å². The summed E-state index contributed by atoms with van der Waals surface area (Å²) in [6.45, 7) is 7.75. The zero-order chi connectivity index (χ0) is 17.5. The molecule has 0 bridgehead atoms. The number of hydrogen-bond acceptors (Lipinski definition) is 3. The Kier molecular flexibility index (Phi) is 4.05. The fourth-order valence-corrected chi connectivity index (χ4v) is 4.07. The predicted molar refractivity (Wildman–Crippen MR) is 97.9 cm³/mol. The number of pyridine rings is 1. The molecule has 0 saturated heterocycles. The Labute approximate surface area is 142 Å². The highest BCUT2D eigenvalue weighted by molar-refractivity contribution is 7.93. The second kappa shape index (κ2) is 5.91. The summed E-state index contributed by atoms with van der Waals surface area (Å²) in [6, 6.07) is 12.7. The highest BCUT2D eigenvalue weighted by atomic mass is 32.2. The van der Waals surface area contributed by atoms with Crippen LogP contribution in [0.1, 0.15) is 22.4 Å². The van der Waals surface area contributed by atoms with E-state index in [1.807, 2.05) is 58.0 Å². The zero-order valence-corrected chi connectivity index (χ0v) is 15.0. The quantitative estimate of drug-likeness (QED) is 0.774. The maximum atomic E-state index is 12.9. The van der Waals surface area contributed by atoms with E-state index in [0.29, 0.717) is 11.2 Å². The molecule has 0 saturated carbocycles. The van der Waals surface area contributed by atoms with Crippen molar-refractivity contribution in [2.45, 2.75) is 32.6 Å². The molecule has 0 aliphatic heterocycles. The molecule has 0 aliphatic rings. The van der Waals surface area contributed by atoms with Gasteiger partial charge in [0.05, 0.1) is 4.90 Å². The first kappa shape index (κ1) is 16.5. The second-order valence-electron chi connectivity index (χ2n) is 6.00. The minimum Gasteiger partial charge on any atom is -0.263 e. The number of rotatable bonds is 3. The molecular formula is C19H20N2O2S. The molecule has 0 radical (unpaired) electrons. The fraction of sp³-hybridized carbons (Fsp3) is 0.211. The number of fused-ring (bicyclic) bond motifs is 1. The van der Waals surface area contributed by atoms with Crippen LogP contribution < -0.4 is 4.72 Å². The van der Waals surface area contributed by atoms with E-state index in [1.54, 1.807) is 12.1 Å². The number of nitrogens with one attached hydrogen (secondary N) is 1. The van der Waals surface area contributed by atoms with E-state index in [9.17, 15) is 8.42 Å². The maximum Gasteiger partial charge on any atom is 0.263 e. The summed E-state index contributed by atoms with van der Waals surface area (Å²) in [5.74, 6) is 0.392. The van der Waals surface area contributed by atoms with Gasteiger partial charge in [-0.3, -0.25) is 4.72 Å². The van der Waals surface area contributed by atoms with Crippen molar-refractivity contribution in [3.8, 4) is 0 Å². The molecule has 2 aromatic carbocycles. The molecule has 1 N–H and O–H groups in total. The largest absolute Gasteiger partial charge is 0.263 e. The number of benzene rings is 2. The van der Waals surface area contributed by atoms with E-state index in [0.717, 1.165) is 27.8 Å². The van der Waals surface area contributed by atoms with Gasteiger partial charge >= 0.3 is 0 Å². The van der Waals surface area contributed by atoms with Crippen LogP contribution in [0.2, 0.25) is 0 Å². The maximum absolute atomic E-state index is 12.9.